The molecular formula is C30H38N4O5S. The topological polar surface area (TPSA) is 140 Å². The van der Waals surface area contributed by atoms with E-state index in [1.165, 1.54) is 0 Å². The molecule has 0 spiro atoms. The Morgan fingerprint density at radius 1 is 0.975 bits per heavy atom. The fourth-order valence-electron chi connectivity index (χ4n) is 4.91. The van der Waals surface area contributed by atoms with Gasteiger partial charge in [-0.2, -0.15) is 0 Å². The molecule has 9 nitrogen and oxygen atoms in total. The standard InChI is InChI=1S/C30H38N4O5S/c1-3-39-25-13-11-20(12-14-25)15-28(34-40(2,37)38)30(36)33-27(17-24-6-4-5-23-16-26(23)24)29(35)32-19-22-9-7-21(18-31)8-10-22/h4-14,23,26-28,34H,3,15-19,31H2,1-2H3,(H,32,35)(H,33,36)/t23?,26?,27-,28+/m0/s1. The summed E-state index contributed by atoms with van der Waals surface area (Å²) < 4.78 is 32.2. The third-order valence-corrected chi connectivity index (χ3v) is 7.84. The van der Waals surface area contributed by atoms with Gasteiger partial charge >= 0.3 is 0 Å². The van der Waals surface area contributed by atoms with Crippen LogP contribution in [0.4, 0.5) is 0 Å². The Hall–Kier alpha value is -3.47. The zero-order valence-electron chi connectivity index (χ0n) is 22.9. The van der Waals surface area contributed by atoms with Crippen LogP contribution in [0.3, 0.4) is 0 Å². The summed E-state index contributed by atoms with van der Waals surface area (Å²) in [7, 11) is -3.71. The molecule has 1 saturated carbocycles. The lowest BCUT2D eigenvalue weighted by atomic mass is 9.96. The van der Waals surface area contributed by atoms with Gasteiger partial charge in [-0.1, -0.05) is 60.2 Å². The van der Waals surface area contributed by atoms with Gasteiger partial charge in [0.05, 0.1) is 12.9 Å². The molecule has 4 rings (SSSR count). The third kappa shape index (κ3) is 8.51. The lowest BCUT2D eigenvalue weighted by molar-refractivity contribution is -0.129. The van der Waals surface area contributed by atoms with Crippen molar-refractivity contribution in [2.24, 2.45) is 17.6 Å². The van der Waals surface area contributed by atoms with E-state index in [4.69, 9.17) is 10.5 Å². The van der Waals surface area contributed by atoms with E-state index in [-0.39, 0.29) is 18.9 Å². The smallest absolute Gasteiger partial charge is 0.243 e. The molecule has 2 amide bonds. The highest BCUT2D eigenvalue weighted by molar-refractivity contribution is 7.88. The summed E-state index contributed by atoms with van der Waals surface area (Å²) in [5, 5.41) is 5.78. The Kier molecular flexibility index (Phi) is 9.78. The van der Waals surface area contributed by atoms with Crippen molar-refractivity contribution in [1.29, 1.82) is 0 Å². The second kappa shape index (κ2) is 13.3. The number of fused-ring (bicyclic) bond motifs is 1. The number of nitrogens with two attached hydrogens (primary N) is 1. The maximum Gasteiger partial charge on any atom is 0.243 e. The first-order valence-electron chi connectivity index (χ1n) is 13.6. The van der Waals surface area contributed by atoms with Gasteiger partial charge in [-0.15, -0.1) is 0 Å². The highest BCUT2D eigenvalue weighted by atomic mass is 32.2. The number of carbonyl (C=O) groups is 2. The molecule has 4 atom stereocenters. The number of benzene rings is 2. The molecule has 40 heavy (non-hydrogen) atoms. The number of sulfonamides is 1. The molecule has 0 bridgehead atoms. The second-order valence-electron chi connectivity index (χ2n) is 10.4. The Labute approximate surface area is 236 Å². The summed E-state index contributed by atoms with van der Waals surface area (Å²) in [6, 6.07) is 12.8. The molecule has 1 fully saturated rings. The van der Waals surface area contributed by atoms with Gasteiger partial charge in [0.15, 0.2) is 0 Å². The summed E-state index contributed by atoms with van der Waals surface area (Å²) in [5.74, 6) is 0.662. The highest BCUT2D eigenvalue weighted by Gasteiger charge is 2.40. The maximum absolute atomic E-state index is 13.5. The SMILES string of the molecule is CCOc1ccc(C[C@@H](NS(C)(=O)=O)C(=O)N[C@@H](CC2=CC=CC3CC23)C(=O)NCc2ccc(CN)cc2)cc1. The van der Waals surface area contributed by atoms with Gasteiger partial charge in [0, 0.05) is 13.1 Å². The molecule has 10 heteroatoms. The van der Waals surface area contributed by atoms with Gasteiger partial charge < -0.3 is 21.1 Å². The van der Waals surface area contributed by atoms with Crippen LogP contribution < -0.4 is 25.8 Å². The predicted octanol–water partition coefficient (Wildman–Crippen LogP) is 2.33. The average molecular weight is 567 g/mol. The Bertz CT molecular complexity index is 1350. The van der Waals surface area contributed by atoms with E-state index in [1.54, 1.807) is 24.3 Å². The first-order valence-corrected chi connectivity index (χ1v) is 15.5. The summed E-state index contributed by atoms with van der Waals surface area (Å²) in [6.45, 7) is 3.14. The normalized spacial score (nSPS) is 19.1. The summed E-state index contributed by atoms with van der Waals surface area (Å²) in [4.78, 5) is 26.9. The van der Waals surface area contributed by atoms with Crippen LogP contribution in [0.15, 0.2) is 72.3 Å². The quantitative estimate of drug-likeness (QED) is 0.277. The number of rotatable bonds is 14. The number of carbonyl (C=O) groups excluding carboxylic acids is 2. The van der Waals surface area contributed by atoms with Gasteiger partial charge in [-0.05, 0) is 66.8 Å². The molecule has 0 saturated heterocycles. The second-order valence-corrected chi connectivity index (χ2v) is 12.1. The number of hydrogen-bond donors (Lipinski definition) is 4. The van der Waals surface area contributed by atoms with E-state index in [0.29, 0.717) is 37.2 Å². The van der Waals surface area contributed by atoms with Gasteiger partial charge in [0.25, 0.3) is 0 Å². The monoisotopic (exact) mass is 566 g/mol. The molecule has 0 heterocycles. The van der Waals surface area contributed by atoms with Crippen molar-refractivity contribution in [2.75, 3.05) is 12.9 Å². The van der Waals surface area contributed by atoms with E-state index >= 15 is 0 Å². The van der Waals surface area contributed by atoms with Crippen molar-refractivity contribution in [2.45, 2.75) is 51.4 Å². The largest absolute Gasteiger partial charge is 0.494 e. The predicted molar refractivity (Wildman–Crippen MR) is 155 cm³/mol. The van der Waals surface area contributed by atoms with Gasteiger partial charge in [-0.25, -0.2) is 13.1 Å². The molecule has 2 aliphatic carbocycles. The minimum absolute atomic E-state index is 0.114. The molecule has 2 unspecified atom stereocenters. The fraction of sp³-hybridized carbons (Fsp3) is 0.400. The van der Waals surface area contributed by atoms with Crippen LogP contribution in [-0.4, -0.2) is 45.2 Å². The van der Waals surface area contributed by atoms with Crippen LogP contribution in [0.2, 0.25) is 0 Å². The van der Waals surface area contributed by atoms with Crippen molar-refractivity contribution >= 4 is 21.8 Å². The first kappa shape index (κ1) is 29.5. The van der Waals surface area contributed by atoms with Crippen LogP contribution in [0.5, 0.6) is 5.75 Å². The van der Waals surface area contributed by atoms with Crippen molar-refractivity contribution in [3.63, 3.8) is 0 Å². The van der Waals surface area contributed by atoms with Gasteiger partial charge in [0.1, 0.15) is 17.8 Å². The number of hydrogen-bond acceptors (Lipinski definition) is 6. The Morgan fingerprint density at radius 3 is 2.30 bits per heavy atom. The minimum Gasteiger partial charge on any atom is -0.494 e. The number of nitrogens with one attached hydrogen (secondary N) is 3. The van der Waals surface area contributed by atoms with Crippen LogP contribution in [0.1, 0.15) is 36.5 Å². The summed E-state index contributed by atoms with van der Waals surface area (Å²) in [6.07, 6.45) is 8.69. The van der Waals surface area contributed by atoms with Crippen molar-refractivity contribution < 1.29 is 22.7 Å². The third-order valence-electron chi connectivity index (χ3n) is 7.13. The number of allylic oxidation sites excluding steroid dienone is 3. The van der Waals surface area contributed by atoms with Crippen LogP contribution >= 0.6 is 0 Å². The van der Waals surface area contributed by atoms with E-state index in [1.807, 2.05) is 43.3 Å². The van der Waals surface area contributed by atoms with Gasteiger partial charge in [0.2, 0.25) is 21.8 Å². The molecule has 2 aliphatic rings. The molecule has 2 aromatic rings. The number of amides is 2. The maximum atomic E-state index is 13.5. The highest BCUT2D eigenvalue weighted by Crippen LogP contribution is 2.48. The minimum atomic E-state index is -3.71. The molecule has 214 valence electrons. The van der Waals surface area contributed by atoms with E-state index in [9.17, 15) is 18.0 Å². The van der Waals surface area contributed by atoms with E-state index < -0.39 is 28.0 Å². The Balaban J connectivity index is 1.49. The molecule has 2 aromatic carbocycles. The molecular weight excluding hydrogens is 528 g/mol. The zero-order valence-corrected chi connectivity index (χ0v) is 23.7. The van der Waals surface area contributed by atoms with Gasteiger partial charge in [-0.3, -0.25) is 9.59 Å². The average Bonchev–Trinajstić information content (AvgIpc) is 3.73. The molecule has 0 aromatic heterocycles. The summed E-state index contributed by atoms with van der Waals surface area (Å²) >= 11 is 0. The lowest BCUT2D eigenvalue weighted by Gasteiger charge is -2.24. The van der Waals surface area contributed by atoms with Crippen LogP contribution in [0, 0.1) is 11.8 Å². The van der Waals surface area contributed by atoms with Crippen molar-refractivity contribution in [1.82, 2.24) is 15.4 Å². The van der Waals surface area contributed by atoms with E-state index in [0.717, 1.165) is 34.9 Å². The molecule has 0 radical (unpaired) electrons. The summed E-state index contributed by atoms with van der Waals surface area (Å²) in [5.41, 5.74) is 9.44. The van der Waals surface area contributed by atoms with Crippen molar-refractivity contribution in [3.05, 3.63) is 89.0 Å². The molecule has 5 N–H and O–H groups in total. The number of ether oxygens (including phenoxy) is 1. The van der Waals surface area contributed by atoms with Crippen LogP contribution in [-0.2, 0) is 39.1 Å². The fourth-order valence-corrected chi connectivity index (χ4v) is 5.62. The van der Waals surface area contributed by atoms with E-state index in [2.05, 4.69) is 21.4 Å². The van der Waals surface area contributed by atoms with Crippen molar-refractivity contribution in [3.8, 4) is 5.75 Å². The Morgan fingerprint density at radius 2 is 1.65 bits per heavy atom. The van der Waals surface area contributed by atoms with Crippen LogP contribution in [0.25, 0.3) is 0 Å². The lowest BCUT2D eigenvalue weighted by Crippen LogP contribution is -2.54. The first-order chi connectivity index (χ1) is 19.1. The zero-order chi connectivity index (χ0) is 28.7. The molecule has 0 aliphatic heterocycles.